The molecule has 0 saturated carbocycles. The van der Waals surface area contributed by atoms with Gasteiger partial charge in [0.2, 0.25) is 0 Å². The third-order valence-electron chi connectivity index (χ3n) is 2.54. The van der Waals surface area contributed by atoms with Gasteiger partial charge in [-0.3, -0.25) is 9.59 Å². The molecule has 0 amide bonds. The maximum Gasteiger partial charge on any atom is 0.303 e. The summed E-state index contributed by atoms with van der Waals surface area (Å²) in [6.07, 6.45) is 2.28. The Labute approximate surface area is 112 Å². The van der Waals surface area contributed by atoms with Crippen LogP contribution in [0.15, 0.2) is 28.3 Å². The number of hydrogen-bond donors (Lipinski definition) is 0. The van der Waals surface area contributed by atoms with Gasteiger partial charge in [-0.1, -0.05) is 17.3 Å². The van der Waals surface area contributed by atoms with Gasteiger partial charge in [0.25, 0.3) is 0 Å². The number of ether oxygens (including phenoxy) is 2. The molecular formula is C11H14N3O4P. The lowest BCUT2D eigenvalue weighted by atomic mass is 9.90. The van der Waals surface area contributed by atoms with E-state index >= 15 is 0 Å². The van der Waals surface area contributed by atoms with Crippen LogP contribution in [0.1, 0.15) is 20.8 Å². The van der Waals surface area contributed by atoms with Crippen LogP contribution >= 0.6 is 9.24 Å². The summed E-state index contributed by atoms with van der Waals surface area (Å²) in [4.78, 5) is 25.1. The molecule has 0 heterocycles. The molecule has 0 fully saturated rings. The molecule has 0 spiro atoms. The Hall–Kier alpha value is -1.84. The zero-order valence-electron chi connectivity index (χ0n) is 10.8. The van der Waals surface area contributed by atoms with Crippen molar-refractivity contribution in [3.63, 3.8) is 0 Å². The molecule has 0 N–H and O–H groups in total. The maximum atomic E-state index is 11.3. The fourth-order valence-corrected chi connectivity index (χ4v) is 2.29. The number of nitrogens with zero attached hydrogens (tertiary/aromatic N) is 3. The standard InChI is InChI=1S/C11H14N3O4P/c1-6(15)17-10-8(19)4-5-9(13-14-12)11(10,3)18-7(2)16/h4-5,10H,19H2,1-3H3. The van der Waals surface area contributed by atoms with Gasteiger partial charge in [0, 0.05) is 18.8 Å². The highest BCUT2D eigenvalue weighted by molar-refractivity contribution is 7.22. The van der Waals surface area contributed by atoms with Crippen molar-refractivity contribution in [1.29, 1.82) is 0 Å². The highest BCUT2D eigenvalue weighted by Crippen LogP contribution is 2.38. The second kappa shape index (κ2) is 5.87. The lowest BCUT2D eigenvalue weighted by Crippen LogP contribution is -2.48. The molecule has 1 aliphatic rings. The summed E-state index contributed by atoms with van der Waals surface area (Å²) in [5.41, 5.74) is 7.38. The summed E-state index contributed by atoms with van der Waals surface area (Å²) in [6.45, 7) is 4.00. The van der Waals surface area contributed by atoms with Gasteiger partial charge in [-0.2, -0.15) is 0 Å². The Balaban J connectivity index is 3.30. The highest BCUT2D eigenvalue weighted by atomic mass is 31.0. The second-order valence-corrected chi connectivity index (χ2v) is 4.76. The predicted octanol–water partition coefficient (Wildman–Crippen LogP) is 2.21. The quantitative estimate of drug-likeness (QED) is 0.260. The molecule has 0 saturated heterocycles. The molecule has 0 aromatic carbocycles. The molecule has 7 nitrogen and oxygen atoms in total. The Morgan fingerprint density at radius 2 is 2.05 bits per heavy atom. The molecule has 0 aliphatic heterocycles. The monoisotopic (exact) mass is 283 g/mol. The van der Waals surface area contributed by atoms with Crippen LogP contribution in [0.3, 0.4) is 0 Å². The number of esters is 2. The first-order chi connectivity index (χ1) is 8.81. The van der Waals surface area contributed by atoms with Crippen molar-refractivity contribution in [3.8, 4) is 0 Å². The van der Waals surface area contributed by atoms with Gasteiger partial charge in [0.15, 0.2) is 11.7 Å². The predicted molar refractivity (Wildman–Crippen MR) is 70.7 cm³/mol. The lowest BCUT2D eigenvalue weighted by Gasteiger charge is -2.38. The van der Waals surface area contributed by atoms with Crippen LogP contribution in [0.5, 0.6) is 0 Å². The zero-order chi connectivity index (χ0) is 14.6. The largest absolute Gasteiger partial charge is 0.453 e. The smallest absolute Gasteiger partial charge is 0.303 e. The average molecular weight is 283 g/mol. The van der Waals surface area contributed by atoms with Gasteiger partial charge in [0.05, 0.1) is 5.70 Å². The van der Waals surface area contributed by atoms with E-state index in [9.17, 15) is 9.59 Å². The zero-order valence-corrected chi connectivity index (χ0v) is 11.9. The molecule has 1 aliphatic carbocycles. The van der Waals surface area contributed by atoms with Crippen molar-refractivity contribution in [1.82, 2.24) is 0 Å². The molecule has 0 aromatic heterocycles. The third kappa shape index (κ3) is 3.34. The first-order valence-corrected chi connectivity index (χ1v) is 5.98. The molecule has 0 aromatic rings. The van der Waals surface area contributed by atoms with Crippen LogP contribution in [0.25, 0.3) is 10.4 Å². The van der Waals surface area contributed by atoms with Crippen molar-refractivity contribution in [3.05, 3.63) is 33.6 Å². The summed E-state index contributed by atoms with van der Waals surface area (Å²) in [5, 5.41) is 4.11. The number of allylic oxidation sites excluding steroid dienone is 2. The second-order valence-electron chi connectivity index (χ2n) is 4.10. The first kappa shape index (κ1) is 15.2. The average Bonchev–Trinajstić information content (AvgIpc) is 2.27. The summed E-state index contributed by atoms with van der Waals surface area (Å²) >= 11 is 0. The highest BCUT2D eigenvalue weighted by Gasteiger charge is 2.45. The molecule has 19 heavy (non-hydrogen) atoms. The number of azide groups is 1. The molecular weight excluding hydrogens is 269 g/mol. The minimum absolute atomic E-state index is 0.169. The minimum Gasteiger partial charge on any atom is -0.453 e. The minimum atomic E-state index is -1.35. The van der Waals surface area contributed by atoms with E-state index in [2.05, 4.69) is 19.3 Å². The fourth-order valence-electron chi connectivity index (χ4n) is 1.81. The van der Waals surface area contributed by atoms with Gasteiger partial charge in [-0.25, -0.2) is 0 Å². The summed E-state index contributed by atoms with van der Waals surface area (Å²) in [5.74, 6) is -1.10. The van der Waals surface area contributed by atoms with E-state index in [1.54, 1.807) is 6.08 Å². The van der Waals surface area contributed by atoms with E-state index in [1.807, 2.05) is 0 Å². The van der Waals surface area contributed by atoms with E-state index in [0.717, 1.165) is 0 Å². The van der Waals surface area contributed by atoms with Crippen LogP contribution in [-0.2, 0) is 19.1 Å². The first-order valence-electron chi connectivity index (χ1n) is 5.41. The van der Waals surface area contributed by atoms with E-state index in [-0.39, 0.29) is 5.70 Å². The molecule has 8 heteroatoms. The van der Waals surface area contributed by atoms with E-state index in [4.69, 9.17) is 15.0 Å². The Kier molecular flexibility index (Phi) is 4.70. The topological polar surface area (TPSA) is 101 Å². The molecule has 3 unspecified atom stereocenters. The number of carbonyl (C=O) groups is 2. The van der Waals surface area contributed by atoms with Crippen molar-refractivity contribution in [2.75, 3.05) is 0 Å². The molecule has 3 atom stereocenters. The van der Waals surface area contributed by atoms with Crippen LogP contribution in [0.2, 0.25) is 0 Å². The van der Waals surface area contributed by atoms with Gasteiger partial charge in [0.1, 0.15) is 0 Å². The van der Waals surface area contributed by atoms with Crippen LogP contribution in [-0.4, -0.2) is 23.6 Å². The van der Waals surface area contributed by atoms with E-state index < -0.39 is 23.6 Å². The van der Waals surface area contributed by atoms with Gasteiger partial charge in [-0.15, -0.1) is 9.24 Å². The SMILES string of the molecule is CC(=O)OC1C(P)=CC=C(N=[N+]=[N-])C1(C)OC(C)=O. The van der Waals surface area contributed by atoms with Crippen molar-refractivity contribution < 1.29 is 19.1 Å². The Morgan fingerprint density at radius 1 is 1.42 bits per heavy atom. The van der Waals surface area contributed by atoms with Crippen molar-refractivity contribution in [2.24, 2.45) is 5.11 Å². The summed E-state index contributed by atoms with van der Waals surface area (Å²) in [6, 6.07) is 0. The van der Waals surface area contributed by atoms with E-state index in [0.29, 0.717) is 5.31 Å². The number of hydrogen-bond acceptors (Lipinski definition) is 5. The number of carbonyl (C=O) groups excluding carboxylic acids is 2. The molecule has 0 radical (unpaired) electrons. The summed E-state index contributed by atoms with van der Waals surface area (Å²) in [7, 11) is 2.40. The van der Waals surface area contributed by atoms with Crippen LogP contribution < -0.4 is 0 Å². The molecule has 102 valence electrons. The van der Waals surface area contributed by atoms with Gasteiger partial charge < -0.3 is 9.47 Å². The van der Waals surface area contributed by atoms with Gasteiger partial charge >= 0.3 is 11.9 Å². The number of rotatable bonds is 3. The third-order valence-corrected chi connectivity index (χ3v) is 3.03. The Bertz CT molecular complexity index is 522. The van der Waals surface area contributed by atoms with Crippen LogP contribution in [0.4, 0.5) is 0 Å². The van der Waals surface area contributed by atoms with Crippen LogP contribution in [0, 0.1) is 0 Å². The summed E-state index contributed by atoms with van der Waals surface area (Å²) < 4.78 is 10.4. The lowest BCUT2D eigenvalue weighted by molar-refractivity contribution is -0.171. The Morgan fingerprint density at radius 3 is 2.53 bits per heavy atom. The van der Waals surface area contributed by atoms with Crippen molar-refractivity contribution in [2.45, 2.75) is 32.5 Å². The van der Waals surface area contributed by atoms with Gasteiger partial charge in [-0.05, 0) is 17.8 Å². The van der Waals surface area contributed by atoms with E-state index in [1.165, 1.54) is 26.8 Å². The van der Waals surface area contributed by atoms with Crippen molar-refractivity contribution >= 4 is 21.2 Å². The maximum absolute atomic E-state index is 11.3. The molecule has 0 bridgehead atoms. The molecule has 1 rings (SSSR count). The normalized spacial score (nSPS) is 25.6. The fraction of sp³-hybridized carbons (Fsp3) is 0.455.